The van der Waals surface area contributed by atoms with Crippen molar-refractivity contribution in [1.29, 1.82) is 5.26 Å². The maximum atomic E-state index is 8.91. The van der Waals surface area contributed by atoms with Crippen LogP contribution in [0, 0.1) is 11.3 Å². The molecule has 0 radical (unpaired) electrons. The van der Waals surface area contributed by atoms with Gasteiger partial charge in [0, 0.05) is 11.1 Å². The number of pyridine rings is 1. The second-order valence-electron chi connectivity index (χ2n) is 3.25. The molecule has 0 aliphatic carbocycles. The lowest BCUT2D eigenvalue weighted by molar-refractivity contribution is 0.461. The van der Waals surface area contributed by atoms with E-state index in [4.69, 9.17) is 10.00 Å². The van der Waals surface area contributed by atoms with Gasteiger partial charge in [0.1, 0.15) is 17.4 Å². The zero-order valence-electron chi connectivity index (χ0n) is 9.25. The highest BCUT2D eigenvalue weighted by atomic mass is 32.2. The fourth-order valence-electron chi connectivity index (χ4n) is 1.31. The smallest absolute Gasteiger partial charge is 0.237 e. The molecule has 1 heterocycles. The number of benzene rings is 1. The van der Waals surface area contributed by atoms with E-state index >= 15 is 0 Å². The molecule has 0 fully saturated rings. The van der Waals surface area contributed by atoms with Gasteiger partial charge in [-0.1, -0.05) is 0 Å². The number of thioether (sulfide) groups is 1. The van der Waals surface area contributed by atoms with Crippen molar-refractivity contribution in [3.8, 4) is 17.7 Å². The number of rotatable bonds is 3. The molecular weight excluding hydrogens is 232 g/mol. The van der Waals surface area contributed by atoms with Gasteiger partial charge in [-0.2, -0.15) is 5.26 Å². The standard InChI is InChI=1S/C13H10N2OS/c1-17-12-6-4-11(5-7-12)16-13-10(9-14)3-2-8-15-13/h2-8H,1H3. The van der Waals surface area contributed by atoms with E-state index in [-0.39, 0.29) is 0 Å². The van der Waals surface area contributed by atoms with E-state index in [2.05, 4.69) is 4.98 Å². The van der Waals surface area contributed by atoms with Crippen LogP contribution in [0.1, 0.15) is 5.56 Å². The average Bonchev–Trinajstić information content (AvgIpc) is 2.40. The Hall–Kier alpha value is -1.99. The summed E-state index contributed by atoms with van der Waals surface area (Å²) in [4.78, 5) is 5.20. The van der Waals surface area contributed by atoms with E-state index in [1.165, 1.54) is 4.90 Å². The minimum Gasteiger partial charge on any atom is -0.438 e. The minimum absolute atomic E-state index is 0.340. The van der Waals surface area contributed by atoms with Crippen molar-refractivity contribution in [2.24, 2.45) is 0 Å². The number of nitriles is 1. The minimum atomic E-state index is 0.340. The summed E-state index contributed by atoms with van der Waals surface area (Å²) in [6.45, 7) is 0. The fraction of sp³-hybridized carbons (Fsp3) is 0.0769. The van der Waals surface area contributed by atoms with Crippen LogP contribution in [0.2, 0.25) is 0 Å². The van der Waals surface area contributed by atoms with Crippen LogP contribution in [-0.4, -0.2) is 11.2 Å². The quantitative estimate of drug-likeness (QED) is 0.773. The summed E-state index contributed by atoms with van der Waals surface area (Å²) < 4.78 is 5.56. The Kier molecular flexibility index (Phi) is 3.63. The van der Waals surface area contributed by atoms with Crippen molar-refractivity contribution in [2.75, 3.05) is 6.26 Å². The van der Waals surface area contributed by atoms with Gasteiger partial charge in [0.25, 0.3) is 0 Å². The molecule has 0 saturated carbocycles. The van der Waals surface area contributed by atoms with Crippen LogP contribution < -0.4 is 4.74 Å². The largest absolute Gasteiger partial charge is 0.438 e. The highest BCUT2D eigenvalue weighted by Crippen LogP contribution is 2.24. The van der Waals surface area contributed by atoms with Gasteiger partial charge in [-0.25, -0.2) is 4.98 Å². The van der Waals surface area contributed by atoms with Crippen molar-refractivity contribution >= 4 is 11.8 Å². The SMILES string of the molecule is CSc1ccc(Oc2ncccc2C#N)cc1. The first-order valence-corrected chi connectivity index (χ1v) is 6.23. The molecule has 0 aliphatic heterocycles. The zero-order chi connectivity index (χ0) is 12.1. The second-order valence-corrected chi connectivity index (χ2v) is 4.13. The van der Waals surface area contributed by atoms with Gasteiger partial charge in [0.2, 0.25) is 5.88 Å². The summed E-state index contributed by atoms with van der Waals surface area (Å²) >= 11 is 1.67. The number of hydrogen-bond acceptors (Lipinski definition) is 4. The first kappa shape index (κ1) is 11.5. The third kappa shape index (κ3) is 2.77. The molecule has 0 N–H and O–H groups in total. The highest BCUT2D eigenvalue weighted by molar-refractivity contribution is 7.98. The van der Waals surface area contributed by atoms with Crippen LogP contribution in [0.15, 0.2) is 47.5 Å². The maximum Gasteiger partial charge on any atom is 0.237 e. The maximum absolute atomic E-state index is 8.91. The van der Waals surface area contributed by atoms with Gasteiger partial charge in [-0.15, -0.1) is 11.8 Å². The summed E-state index contributed by atoms with van der Waals surface area (Å²) in [6.07, 6.45) is 3.62. The normalized spacial score (nSPS) is 9.65. The lowest BCUT2D eigenvalue weighted by Crippen LogP contribution is -1.90. The molecule has 0 amide bonds. The third-order valence-corrected chi connectivity index (χ3v) is 2.91. The van der Waals surface area contributed by atoms with Crippen LogP contribution in [-0.2, 0) is 0 Å². The number of hydrogen-bond donors (Lipinski definition) is 0. The summed E-state index contributed by atoms with van der Waals surface area (Å²) in [6, 6.07) is 13.1. The Labute approximate surface area is 104 Å². The van der Waals surface area contributed by atoms with E-state index in [0.29, 0.717) is 17.2 Å². The molecule has 0 unspecified atom stereocenters. The van der Waals surface area contributed by atoms with Gasteiger partial charge in [0.15, 0.2) is 0 Å². The molecule has 0 atom stereocenters. The first-order chi connectivity index (χ1) is 8.33. The Morgan fingerprint density at radius 2 is 2.00 bits per heavy atom. The molecule has 0 saturated heterocycles. The van der Waals surface area contributed by atoms with Crippen LogP contribution in [0.25, 0.3) is 0 Å². The van der Waals surface area contributed by atoms with Crippen LogP contribution in [0.3, 0.4) is 0 Å². The van der Waals surface area contributed by atoms with E-state index in [9.17, 15) is 0 Å². The Morgan fingerprint density at radius 1 is 1.24 bits per heavy atom. The van der Waals surface area contributed by atoms with Gasteiger partial charge < -0.3 is 4.74 Å². The van der Waals surface area contributed by atoms with Crippen molar-refractivity contribution in [3.63, 3.8) is 0 Å². The molecule has 0 spiro atoms. The van der Waals surface area contributed by atoms with Crippen LogP contribution in [0.4, 0.5) is 0 Å². The van der Waals surface area contributed by atoms with E-state index in [1.54, 1.807) is 30.1 Å². The first-order valence-electron chi connectivity index (χ1n) is 5.00. The van der Waals surface area contributed by atoms with Gasteiger partial charge in [-0.3, -0.25) is 0 Å². The molecule has 17 heavy (non-hydrogen) atoms. The highest BCUT2D eigenvalue weighted by Gasteiger charge is 2.04. The molecule has 84 valence electrons. The van der Waals surface area contributed by atoms with E-state index in [0.717, 1.165) is 0 Å². The zero-order valence-corrected chi connectivity index (χ0v) is 10.1. The summed E-state index contributed by atoms with van der Waals surface area (Å²) in [7, 11) is 0. The van der Waals surface area contributed by atoms with Crippen LogP contribution in [0.5, 0.6) is 11.6 Å². The Balaban J connectivity index is 2.23. The van der Waals surface area contributed by atoms with Crippen molar-refractivity contribution < 1.29 is 4.74 Å². The Bertz CT molecular complexity index is 546. The topological polar surface area (TPSA) is 45.9 Å². The average molecular weight is 242 g/mol. The molecule has 1 aromatic carbocycles. The van der Waals surface area contributed by atoms with Crippen LogP contribution >= 0.6 is 11.8 Å². The lowest BCUT2D eigenvalue weighted by atomic mass is 10.3. The predicted molar refractivity (Wildman–Crippen MR) is 67.2 cm³/mol. The van der Waals surface area contributed by atoms with Crippen molar-refractivity contribution in [3.05, 3.63) is 48.2 Å². The molecule has 0 bridgehead atoms. The summed E-state index contributed by atoms with van der Waals surface area (Å²) in [5.41, 5.74) is 0.432. The third-order valence-electron chi connectivity index (χ3n) is 2.17. The molecule has 4 heteroatoms. The molecule has 2 aromatic rings. The second kappa shape index (κ2) is 5.37. The molecule has 0 aliphatic rings. The summed E-state index contributed by atoms with van der Waals surface area (Å²) in [5, 5.41) is 8.91. The Morgan fingerprint density at radius 3 is 2.65 bits per heavy atom. The molecule has 1 aromatic heterocycles. The van der Waals surface area contributed by atoms with Crippen molar-refractivity contribution in [2.45, 2.75) is 4.90 Å². The van der Waals surface area contributed by atoms with Gasteiger partial charge >= 0.3 is 0 Å². The number of nitrogens with zero attached hydrogens (tertiary/aromatic N) is 2. The molecule has 2 rings (SSSR count). The fourth-order valence-corrected chi connectivity index (χ4v) is 1.72. The van der Waals surface area contributed by atoms with E-state index in [1.807, 2.05) is 36.6 Å². The van der Waals surface area contributed by atoms with E-state index < -0.39 is 0 Å². The number of aromatic nitrogens is 1. The summed E-state index contributed by atoms with van der Waals surface area (Å²) in [5.74, 6) is 1.02. The monoisotopic (exact) mass is 242 g/mol. The van der Waals surface area contributed by atoms with Gasteiger partial charge in [-0.05, 0) is 42.7 Å². The molecule has 3 nitrogen and oxygen atoms in total. The van der Waals surface area contributed by atoms with Gasteiger partial charge in [0.05, 0.1) is 0 Å². The lowest BCUT2D eigenvalue weighted by Gasteiger charge is -2.06. The van der Waals surface area contributed by atoms with Crippen molar-refractivity contribution in [1.82, 2.24) is 4.98 Å². The molecular formula is C13H10N2OS. The predicted octanol–water partition coefficient (Wildman–Crippen LogP) is 3.47. The number of ether oxygens (including phenoxy) is 1.